The molecule has 50 heavy (non-hydrogen) atoms. The van der Waals surface area contributed by atoms with Crippen LogP contribution in [-0.4, -0.2) is 64.5 Å². The van der Waals surface area contributed by atoms with Gasteiger partial charge in [0.25, 0.3) is 5.91 Å². The molecule has 266 valence electrons. The molecule has 0 unspecified atom stereocenters. The van der Waals surface area contributed by atoms with Crippen LogP contribution in [0.5, 0.6) is 0 Å². The normalized spacial score (nSPS) is 25.4. The Morgan fingerprint density at radius 1 is 0.880 bits per heavy atom. The van der Waals surface area contributed by atoms with E-state index >= 15 is 0 Å². The zero-order valence-electron chi connectivity index (χ0n) is 30.4. The maximum Gasteiger partial charge on any atom is 0.481 e. The molecule has 2 aromatic carbocycles. The SMILES string of the molecule is CC(C)C[C@H](NC(=O)[C@H](Cc1ccc2ccccc2c1)NC(=O)[C@H](CC(C)C)NC(=O)c1cnccn1)B1O[C@H]2C[C@@H]3C[C@@H](C3(C)C)[C@@]2(C)O1. The van der Waals surface area contributed by atoms with E-state index in [1.807, 2.05) is 50.2 Å². The van der Waals surface area contributed by atoms with Gasteiger partial charge >= 0.3 is 7.12 Å². The lowest BCUT2D eigenvalue weighted by Gasteiger charge is -2.64. The van der Waals surface area contributed by atoms with E-state index in [2.05, 4.69) is 66.6 Å². The van der Waals surface area contributed by atoms with Crippen LogP contribution in [0.4, 0.5) is 0 Å². The molecular weight excluding hydrogens is 629 g/mol. The average molecular weight is 682 g/mol. The first-order valence-corrected chi connectivity index (χ1v) is 18.2. The van der Waals surface area contributed by atoms with Crippen molar-refractivity contribution in [2.75, 3.05) is 0 Å². The minimum Gasteiger partial charge on any atom is -0.404 e. The highest BCUT2D eigenvalue weighted by atomic mass is 16.7. The second-order valence-corrected chi connectivity index (χ2v) is 16.3. The number of nitrogens with zero attached hydrogens (tertiary/aromatic N) is 2. The monoisotopic (exact) mass is 681 g/mol. The molecule has 3 aliphatic carbocycles. The number of rotatable bonds is 13. The van der Waals surface area contributed by atoms with Crippen molar-refractivity contribution in [3.05, 3.63) is 72.3 Å². The molecule has 7 atom stereocenters. The molecule has 4 aliphatic rings. The molecule has 0 radical (unpaired) electrons. The van der Waals surface area contributed by atoms with Crippen molar-refractivity contribution in [1.82, 2.24) is 25.9 Å². The number of benzene rings is 2. The van der Waals surface area contributed by atoms with Crippen molar-refractivity contribution >= 4 is 35.6 Å². The van der Waals surface area contributed by atoms with Crippen LogP contribution in [-0.2, 0) is 25.3 Å². The summed E-state index contributed by atoms with van der Waals surface area (Å²) >= 11 is 0. The van der Waals surface area contributed by atoms with Crippen molar-refractivity contribution in [2.24, 2.45) is 29.1 Å². The Morgan fingerprint density at radius 2 is 1.60 bits per heavy atom. The summed E-state index contributed by atoms with van der Waals surface area (Å²) in [4.78, 5) is 49.6. The fraction of sp³-hybridized carbons (Fsp3) is 0.564. The van der Waals surface area contributed by atoms with Crippen molar-refractivity contribution in [2.45, 2.75) is 110 Å². The fourth-order valence-electron chi connectivity index (χ4n) is 8.53. The van der Waals surface area contributed by atoms with Crippen LogP contribution in [0.3, 0.4) is 0 Å². The quantitative estimate of drug-likeness (QED) is 0.209. The van der Waals surface area contributed by atoms with Crippen molar-refractivity contribution < 1.29 is 23.7 Å². The first-order valence-electron chi connectivity index (χ1n) is 18.2. The van der Waals surface area contributed by atoms with E-state index in [4.69, 9.17) is 9.31 Å². The number of hydrogen-bond donors (Lipinski definition) is 3. The summed E-state index contributed by atoms with van der Waals surface area (Å²) in [6, 6.07) is 12.3. The molecule has 2 bridgehead atoms. The third-order valence-electron chi connectivity index (χ3n) is 11.4. The molecule has 3 N–H and O–H groups in total. The molecule has 1 aromatic heterocycles. The van der Waals surface area contributed by atoms with Gasteiger partial charge in [0.05, 0.1) is 23.8 Å². The van der Waals surface area contributed by atoms with Gasteiger partial charge in [-0.1, -0.05) is 84.0 Å². The molecule has 2 heterocycles. The second kappa shape index (κ2) is 14.4. The van der Waals surface area contributed by atoms with E-state index < -0.39 is 42.6 Å². The molecule has 3 amide bonds. The Bertz CT molecular complexity index is 1700. The van der Waals surface area contributed by atoms with Crippen LogP contribution in [0.1, 0.15) is 90.2 Å². The Balaban J connectivity index is 1.24. The van der Waals surface area contributed by atoms with Gasteiger partial charge in [-0.3, -0.25) is 19.4 Å². The Morgan fingerprint density at radius 3 is 2.28 bits per heavy atom. The highest BCUT2D eigenvalue weighted by Crippen LogP contribution is 2.65. The molecular formula is C39H52BN5O5. The summed E-state index contributed by atoms with van der Waals surface area (Å²) in [6.45, 7) is 15.0. The molecule has 10 nitrogen and oxygen atoms in total. The number of carbonyl (C=O) groups is 3. The van der Waals surface area contributed by atoms with Crippen molar-refractivity contribution in [3.63, 3.8) is 0 Å². The van der Waals surface area contributed by atoms with Gasteiger partial charge in [0, 0.05) is 18.8 Å². The van der Waals surface area contributed by atoms with Crippen LogP contribution in [0, 0.1) is 29.1 Å². The molecule has 7 rings (SSSR count). The second-order valence-electron chi connectivity index (χ2n) is 16.3. The van der Waals surface area contributed by atoms with Crippen LogP contribution < -0.4 is 16.0 Å². The van der Waals surface area contributed by atoms with E-state index in [1.165, 1.54) is 18.6 Å². The van der Waals surface area contributed by atoms with Gasteiger partial charge in [0.15, 0.2) is 0 Å². The minimum absolute atomic E-state index is 0.0151. The van der Waals surface area contributed by atoms with Crippen LogP contribution in [0.2, 0.25) is 0 Å². The van der Waals surface area contributed by atoms with Gasteiger partial charge in [-0.15, -0.1) is 0 Å². The van der Waals surface area contributed by atoms with Gasteiger partial charge in [-0.05, 0) is 78.0 Å². The minimum atomic E-state index is -0.924. The van der Waals surface area contributed by atoms with E-state index in [0.717, 1.165) is 29.2 Å². The van der Waals surface area contributed by atoms with Crippen molar-refractivity contribution in [1.29, 1.82) is 0 Å². The van der Waals surface area contributed by atoms with Gasteiger partial charge < -0.3 is 25.3 Å². The van der Waals surface area contributed by atoms with E-state index in [0.29, 0.717) is 24.7 Å². The third-order valence-corrected chi connectivity index (χ3v) is 11.4. The molecule has 11 heteroatoms. The number of aromatic nitrogens is 2. The molecule has 4 fully saturated rings. The predicted octanol–water partition coefficient (Wildman–Crippen LogP) is 5.30. The van der Waals surface area contributed by atoms with Gasteiger partial charge in [-0.2, -0.15) is 0 Å². The lowest BCUT2D eigenvalue weighted by Crippen LogP contribution is -2.65. The smallest absolute Gasteiger partial charge is 0.404 e. The van der Waals surface area contributed by atoms with Gasteiger partial charge in [-0.25, -0.2) is 4.98 Å². The number of hydrogen-bond acceptors (Lipinski definition) is 7. The Hall–Kier alpha value is -3.83. The first-order chi connectivity index (χ1) is 23.7. The summed E-state index contributed by atoms with van der Waals surface area (Å²) in [6.07, 6.45) is 7.64. The summed E-state index contributed by atoms with van der Waals surface area (Å²) in [7, 11) is -0.594. The highest BCUT2D eigenvalue weighted by molar-refractivity contribution is 6.48. The lowest BCUT2D eigenvalue weighted by molar-refractivity contribution is -0.199. The van der Waals surface area contributed by atoms with Crippen molar-refractivity contribution in [3.8, 4) is 0 Å². The average Bonchev–Trinajstić information content (AvgIpc) is 3.44. The maximum atomic E-state index is 14.4. The highest BCUT2D eigenvalue weighted by Gasteiger charge is 2.68. The molecule has 3 saturated carbocycles. The lowest BCUT2D eigenvalue weighted by atomic mass is 9.43. The van der Waals surface area contributed by atoms with Crippen LogP contribution in [0.25, 0.3) is 10.8 Å². The molecule has 1 saturated heterocycles. The zero-order valence-corrected chi connectivity index (χ0v) is 30.4. The summed E-state index contributed by atoms with van der Waals surface area (Å²) in [5.74, 6) is -0.317. The molecule has 1 aliphatic heterocycles. The number of nitrogens with one attached hydrogen (secondary N) is 3. The zero-order chi connectivity index (χ0) is 35.8. The maximum absolute atomic E-state index is 14.4. The topological polar surface area (TPSA) is 132 Å². The van der Waals surface area contributed by atoms with E-state index in [9.17, 15) is 14.4 Å². The summed E-state index contributed by atoms with van der Waals surface area (Å²) < 4.78 is 13.5. The standard InChI is InChI=1S/C39H52BN5O5/c1-23(2)16-29(43-37(48)31-22-41-14-15-42-31)35(46)44-30(19-25-12-13-26-10-8-9-11-27(26)18-25)36(47)45-34(17-24(3)4)40-49-33-21-28-20-32(38(28,5)6)39(33,7)50-40/h8-15,18,22-24,28-30,32-34H,16-17,19-21H2,1-7H3,(H,43,48)(H,44,46)(H,45,47)/t28-,29-,30-,32-,33-,34-,39+/m0/s1. The number of carbonyl (C=O) groups excluding carboxylic acids is 3. The predicted molar refractivity (Wildman–Crippen MR) is 194 cm³/mol. The van der Waals surface area contributed by atoms with Crippen LogP contribution >= 0.6 is 0 Å². The van der Waals surface area contributed by atoms with E-state index in [1.54, 1.807) is 0 Å². The molecule has 0 spiro atoms. The third kappa shape index (κ3) is 7.44. The first kappa shape index (κ1) is 36.0. The van der Waals surface area contributed by atoms with Gasteiger partial charge in [0.2, 0.25) is 11.8 Å². The Kier molecular flexibility index (Phi) is 10.4. The van der Waals surface area contributed by atoms with Crippen LogP contribution in [0.15, 0.2) is 61.1 Å². The molecule has 3 aromatic rings. The fourth-order valence-corrected chi connectivity index (χ4v) is 8.53. The van der Waals surface area contributed by atoms with Gasteiger partial charge in [0.1, 0.15) is 17.8 Å². The number of fused-ring (bicyclic) bond motifs is 1. The summed E-state index contributed by atoms with van der Waals surface area (Å²) in [5, 5.41) is 11.3. The Labute approximate surface area is 296 Å². The summed E-state index contributed by atoms with van der Waals surface area (Å²) in [5.41, 5.74) is 0.808. The number of amides is 3. The van der Waals surface area contributed by atoms with E-state index in [-0.39, 0.29) is 41.4 Å². The largest absolute Gasteiger partial charge is 0.481 e.